The number of amides is 1. The van der Waals surface area contributed by atoms with E-state index in [1.807, 2.05) is 6.07 Å². The molecule has 1 aromatic carbocycles. The van der Waals surface area contributed by atoms with Crippen LogP contribution in [-0.2, 0) is 61.8 Å². The van der Waals surface area contributed by atoms with Gasteiger partial charge in [0.2, 0.25) is 0 Å². The van der Waals surface area contributed by atoms with Gasteiger partial charge >= 0.3 is 23.9 Å². The molecule has 5 atom stereocenters. The van der Waals surface area contributed by atoms with Crippen molar-refractivity contribution in [2.24, 2.45) is 0 Å². The third kappa shape index (κ3) is 14.2. The van der Waals surface area contributed by atoms with Crippen LogP contribution in [0.5, 0.6) is 0 Å². The van der Waals surface area contributed by atoms with Crippen molar-refractivity contribution >= 4 is 29.8 Å². The summed E-state index contributed by atoms with van der Waals surface area (Å²) in [6.07, 6.45) is -6.24. The maximum absolute atomic E-state index is 11.9. The highest BCUT2D eigenvalue weighted by Gasteiger charge is 2.52. The average molecular weight is 628 g/mol. The molecule has 1 aliphatic heterocycles. The predicted molar refractivity (Wildman–Crippen MR) is 149 cm³/mol. The van der Waals surface area contributed by atoms with E-state index in [0.717, 1.165) is 20.8 Å². The van der Waals surface area contributed by atoms with E-state index in [-0.39, 0.29) is 38.9 Å². The first-order chi connectivity index (χ1) is 21.1. The lowest BCUT2D eigenvalue weighted by atomic mass is 9.98. The molecule has 1 saturated heterocycles. The van der Waals surface area contributed by atoms with Crippen LogP contribution in [0.4, 0.5) is 0 Å². The number of benzene rings is 1. The smallest absolute Gasteiger partial charge is 0.303 e. The molecule has 15 heteroatoms. The summed E-state index contributed by atoms with van der Waals surface area (Å²) in [7, 11) is 0. The van der Waals surface area contributed by atoms with E-state index in [0.29, 0.717) is 31.9 Å². The van der Waals surface area contributed by atoms with Crippen molar-refractivity contribution in [1.82, 2.24) is 5.32 Å². The van der Waals surface area contributed by atoms with Crippen molar-refractivity contribution in [3.8, 4) is 0 Å². The van der Waals surface area contributed by atoms with E-state index in [1.54, 1.807) is 24.3 Å². The van der Waals surface area contributed by atoms with Gasteiger partial charge in [-0.25, -0.2) is 0 Å². The van der Waals surface area contributed by atoms with E-state index in [2.05, 4.69) is 5.32 Å². The van der Waals surface area contributed by atoms with Crippen LogP contribution < -0.4 is 5.32 Å². The van der Waals surface area contributed by atoms with Gasteiger partial charge in [-0.15, -0.1) is 0 Å². The van der Waals surface area contributed by atoms with E-state index in [9.17, 15) is 24.0 Å². The van der Waals surface area contributed by atoms with Gasteiger partial charge in [0.05, 0.1) is 46.2 Å². The summed E-state index contributed by atoms with van der Waals surface area (Å²) in [6.45, 7) is 6.25. The summed E-state index contributed by atoms with van der Waals surface area (Å²) in [5, 5.41) is 2.77. The lowest BCUT2D eigenvalue weighted by Gasteiger charge is -2.44. The number of carbonyl (C=O) groups is 5. The highest BCUT2D eigenvalue weighted by atomic mass is 16.7. The van der Waals surface area contributed by atoms with Crippen LogP contribution in [0.1, 0.15) is 38.1 Å². The summed E-state index contributed by atoms with van der Waals surface area (Å²) in [5.41, 5.74) is 0.583. The number of nitrogens with one attached hydrogen (secondary N) is 1. The Bertz CT molecular complexity index is 1050. The number of hydrogen-bond donors (Lipinski definition) is 1. The van der Waals surface area contributed by atoms with Gasteiger partial charge in [-0.1, -0.05) is 18.2 Å². The Morgan fingerprint density at radius 2 is 1.18 bits per heavy atom. The number of hydrogen-bond acceptors (Lipinski definition) is 14. The average Bonchev–Trinajstić information content (AvgIpc) is 2.96. The fourth-order valence-corrected chi connectivity index (χ4v) is 4.02. The minimum absolute atomic E-state index is 0.0223. The van der Waals surface area contributed by atoms with Crippen molar-refractivity contribution in [2.75, 3.05) is 59.4 Å². The first-order valence-electron chi connectivity index (χ1n) is 14.1. The molecule has 44 heavy (non-hydrogen) atoms. The molecule has 1 amide bonds. The molecule has 0 aliphatic carbocycles. The first kappa shape index (κ1) is 36.6. The molecule has 0 unspecified atom stereocenters. The molecule has 2 rings (SSSR count). The molecule has 1 fully saturated rings. The van der Waals surface area contributed by atoms with Crippen LogP contribution in [0, 0.1) is 0 Å². The summed E-state index contributed by atoms with van der Waals surface area (Å²) in [6, 6.07) is 8.89. The lowest BCUT2D eigenvalue weighted by molar-refractivity contribution is -0.309. The zero-order valence-electron chi connectivity index (χ0n) is 25.4. The Kier molecular flexibility index (Phi) is 16.9. The SMILES string of the molecule is CC(=O)OC[C@H]1O[C@H](OCCOCCOCCOCCNC(=O)c2ccccc2)[C@@H](OC(C)=O)[C@@H](OC(C)=O)[C@@H]1OC(C)=O. The topological polar surface area (TPSA) is 180 Å². The number of esters is 4. The molecule has 0 saturated carbocycles. The molecule has 0 spiro atoms. The van der Waals surface area contributed by atoms with E-state index < -0.39 is 54.6 Å². The van der Waals surface area contributed by atoms with Crippen LogP contribution in [-0.4, -0.2) is 120 Å². The van der Waals surface area contributed by atoms with E-state index in [4.69, 9.17) is 42.6 Å². The van der Waals surface area contributed by atoms with Gasteiger partial charge < -0.3 is 47.9 Å². The van der Waals surface area contributed by atoms with Crippen molar-refractivity contribution in [1.29, 1.82) is 0 Å². The van der Waals surface area contributed by atoms with Crippen molar-refractivity contribution in [3.63, 3.8) is 0 Å². The number of rotatable bonds is 19. The Morgan fingerprint density at radius 1 is 0.659 bits per heavy atom. The summed E-state index contributed by atoms with van der Waals surface area (Å²) in [5.74, 6) is -2.97. The van der Waals surface area contributed by atoms with Gasteiger partial charge in [0.15, 0.2) is 24.6 Å². The van der Waals surface area contributed by atoms with Crippen LogP contribution in [0.15, 0.2) is 30.3 Å². The van der Waals surface area contributed by atoms with Gasteiger partial charge in [-0.05, 0) is 12.1 Å². The fraction of sp³-hybridized carbons (Fsp3) is 0.621. The molecule has 0 bridgehead atoms. The molecule has 1 aliphatic rings. The van der Waals surface area contributed by atoms with Crippen LogP contribution in [0.2, 0.25) is 0 Å². The van der Waals surface area contributed by atoms with Gasteiger partial charge in [0.1, 0.15) is 12.7 Å². The first-order valence-corrected chi connectivity index (χ1v) is 14.1. The molecule has 1 N–H and O–H groups in total. The van der Waals surface area contributed by atoms with Crippen LogP contribution in [0.3, 0.4) is 0 Å². The third-order valence-electron chi connectivity index (χ3n) is 5.77. The zero-order chi connectivity index (χ0) is 32.3. The van der Waals surface area contributed by atoms with Crippen molar-refractivity contribution in [2.45, 2.75) is 58.4 Å². The standard InChI is InChI=1S/C29H41NO14/c1-19(31)40-18-24-25(41-20(2)32)26(42-21(3)33)27(43-22(4)34)29(44-24)39-17-16-38-15-14-37-13-12-36-11-10-30-28(35)23-8-6-5-7-9-23/h5-9,24-27,29H,10-18H2,1-4H3,(H,30,35)/t24-,25-,26+,27+,29+/m1/s1. The Labute approximate surface area is 255 Å². The molecule has 1 aromatic rings. The maximum atomic E-state index is 11.9. The third-order valence-corrected chi connectivity index (χ3v) is 5.77. The van der Waals surface area contributed by atoms with Gasteiger partial charge in [-0.3, -0.25) is 24.0 Å². The molecule has 246 valence electrons. The largest absolute Gasteiger partial charge is 0.463 e. The molecule has 0 radical (unpaired) electrons. The molecular formula is C29H41NO14. The van der Waals surface area contributed by atoms with Crippen molar-refractivity contribution < 1.29 is 66.6 Å². The Hall–Kier alpha value is -3.63. The highest BCUT2D eigenvalue weighted by Crippen LogP contribution is 2.30. The predicted octanol–water partition coefficient (Wildman–Crippen LogP) is 0.566. The van der Waals surface area contributed by atoms with Gasteiger partial charge in [0, 0.05) is 39.8 Å². The molecule has 0 aromatic heterocycles. The van der Waals surface area contributed by atoms with E-state index in [1.165, 1.54) is 6.92 Å². The second kappa shape index (κ2) is 20.3. The van der Waals surface area contributed by atoms with Gasteiger partial charge in [0.25, 0.3) is 5.91 Å². The number of ether oxygens (including phenoxy) is 9. The summed E-state index contributed by atoms with van der Waals surface area (Å²) < 4.78 is 49.0. The minimum Gasteiger partial charge on any atom is -0.463 e. The monoisotopic (exact) mass is 627 g/mol. The molecular weight excluding hydrogens is 586 g/mol. The second-order valence-corrected chi connectivity index (χ2v) is 9.40. The highest BCUT2D eigenvalue weighted by molar-refractivity contribution is 5.94. The molecule has 1 heterocycles. The Morgan fingerprint density at radius 3 is 1.75 bits per heavy atom. The van der Waals surface area contributed by atoms with Gasteiger partial charge in [-0.2, -0.15) is 0 Å². The maximum Gasteiger partial charge on any atom is 0.303 e. The minimum atomic E-state index is -1.31. The summed E-state index contributed by atoms with van der Waals surface area (Å²) in [4.78, 5) is 58.9. The molecule has 15 nitrogen and oxygen atoms in total. The van der Waals surface area contributed by atoms with Crippen LogP contribution >= 0.6 is 0 Å². The number of carbonyl (C=O) groups excluding carboxylic acids is 5. The quantitative estimate of drug-likeness (QED) is 0.128. The zero-order valence-corrected chi connectivity index (χ0v) is 25.4. The fourth-order valence-electron chi connectivity index (χ4n) is 4.02. The normalized spacial score (nSPS) is 21.1. The van der Waals surface area contributed by atoms with Crippen molar-refractivity contribution in [3.05, 3.63) is 35.9 Å². The Balaban J connectivity index is 1.73. The second-order valence-electron chi connectivity index (χ2n) is 9.40. The van der Waals surface area contributed by atoms with E-state index >= 15 is 0 Å². The van der Waals surface area contributed by atoms with Crippen LogP contribution in [0.25, 0.3) is 0 Å². The summed E-state index contributed by atoms with van der Waals surface area (Å²) >= 11 is 0. The lowest BCUT2D eigenvalue weighted by Crippen LogP contribution is -2.63.